The minimum Gasteiger partial charge on any atom is -0.360 e. The lowest BCUT2D eigenvalue weighted by atomic mass is 9.97. The summed E-state index contributed by atoms with van der Waals surface area (Å²) in [4.78, 5) is 16.3. The molecule has 3 rings (SSSR count). The van der Waals surface area contributed by atoms with Crippen LogP contribution in [-0.2, 0) is 11.2 Å². The molecule has 2 N–H and O–H groups in total. The van der Waals surface area contributed by atoms with Crippen molar-refractivity contribution in [3.05, 3.63) is 35.7 Å². The van der Waals surface area contributed by atoms with Gasteiger partial charge in [0.1, 0.15) is 5.82 Å². The lowest BCUT2D eigenvalue weighted by Crippen LogP contribution is -2.15. The Morgan fingerprint density at radius 3 is 3.05 bits per heavy atom. The molecule has 1 aliphatic heterocycles. The molecule has 1 amide bonds. The number of hydrogen-bond donors (Lipinski definition) is 2. The van der Waals surface area contributed by atoms with Gasteiger partial charge in [0.05, 0.1) is 5.92 Å². The van der Waals surface area contributed by atoms with Gasteiger partial charge in [0.15, 0.2) is 0 Å². The van der Waals surface area contributed by atoms with E-state index in [4.69, 9.17) is 0 Å². The van der Waals surface area contributed by atoms with Crippen LogP contribution in [0, 0.1) is 0 Å². The van der Waals surface area contributed by atoms with E-state index >= 15 is 0 Å². The monoisotopic (exact) mass is 288 g/mol. The van der Waals surface area contributed by atoms with E-state index in [1.54, 1.807) is 0 Å². The number of anilines is 2. The van der Waals surface area contributed by atoms with Crippen molar-refractivity contribution in [1.82, 2.24) is 9.36 Å². The third-order valence-electron chi connectivity index (χ3n) is 3.40. The number of amides is 1. The number of fused-ring (bicyclic) bond motifs is 1. The molecule has 0 radical (unpaired) electrons. The van der Waals surface area contributed by atoms with Crippen molar-refractivity contribution in [2.45, 2.75) is 25.7 Å². The molecule has 1 atom stereocenters. The first-order valence-corrected chi connectivity index (χ1v) is 7.51. The van der Waals surface area contributed by atoms with Crippen molar-refractivity contribution in [3.8, 4) is 0 Å². The number of carbonyl (C=O) groups excluding carboxylic acids is 1. The average molecular weight is 288 g/mol. The first kappa shape index (κ1) is 13.1. The highest BCUT2D eigenvalue weighted by Gasteiger charge is 2.29. The number of para-hydroxylation sites is 1. The van der Waals surface area contributed by atoms with Gasteiger partial charge in [-0.3, -0.25) is 4.79 Å². The van der Waals surface area contributed by atoms with Gasteiger partial charge in [0, 0.05) is 30.2 Å². The van der Waals surface area contributed by atoms with Crippen molar-refractivity contribution in [2.24, 2.45) is 0 Å². The van der Waals surface area contributed by atoms with Crippen LogP contribution in [0.25, 0.3) is 0 Å². The summed E-state index contributed by atoms with van der Waals surface area (Å²) in [5.74, 6) is 0.873. The van der Waals surface area contributed by atoms with Gasteiger partial charge in [-0.05, 0) is 18.1 Å². The molecule has 20 heavy (non-hydrogen) atoms. The van der Waals surface area contributed by atoms with Crippen LogP contribution in [0.15, 0.2) is 24.3 Å². The molecule has 104 valence electrons. The van der Waals surface area contributed by atoms with E-state index in [1.165, 1.54) is 11.5 Å². The SMILES string of the molecule is CCc1nsc(NCC[C@H]2C(=O)Nc3ccccc32)n1. The average Bonchev–Trinajstić information content (AvgIpc) is 3.04. The predicted octanol–water partition coefficient (Wildman–Crippen LogP) is 2.64. The van der Waals surface area contributed by atoms with Gasteiger partial charge in [0.2, 0.25) is 11.0 Å². The standard InChI is InChI=1S/C14H16N4OS/c1-2-12-17-14(20-18-12)15-8-7-10-9-5-3-4-6-11(9)16-13(10)19/h3-6,10H,2,7-8H2,1H3,(H,16,19)(H,15,17,18)/t10-/m1/s1. The minimum atomic E-state index is -0.0720. The molecular weight excluding hydrogens is 272 g/mol. The highest BCUT2D eigenvalue weighted by molar-refractivity contribution is 7.09. The quantitative estimate of drug-likeness (QED) is 0.887. The lowest BCUT2D eigenvalue weighted by molar-refractivity contribution is -0.117. The zero-order valence-electron chi connectivity index (χ0n) is 11.2. The maximum Gasteiger partial charge on any atom is 0.232 e. The fourth-order valence-electron chi connectivity index (χ4n) is 2.36. The van der Waals surface area contributed by atoms with Crippen LogP contribution < -0.4 is 10.6 Å². The summed E-state index contributed by atoms with van der Waals surface area (Å²) in [5, 5.41) is 6.99. The smallest absolute Gasteiger partial charge is 0.232 e. The van der Waals surface area contributed by atoms with E-state index < -0.39 is 0 Å². The molecule has 1 aliphatic rings. The van der Waals surface area contributed by atoms with Gasteiger partial charge in [-0.2, -0.15) is 4.37 Å². The van der Waals surface area contributed by atoms with E-state index in [-0.39, 0.29) is 11.8 Å². The van der Waals surface area contributed by atoms with E-state index in [0.29, 0.717) is 6.54 Å². The van der Waals surface area contributed by atoms with Crippen LogP contribution in [-0.4, -0.2) is 21.8 Å². The number of benzene rings is 1. The summed E-state index contributed by atoms with van der Waals surface area (Å²) in [7, 11) is 0. The van der Waals surface area contributed by atoms with Crippen LogP contribution in [0.1, 0.15) is 30.7 Å². The molecule has 0 spiro atoms. The fraction of sp³-hybridized carbons (Fsp3) is 0.357. The fourth-order valence-corrected chi connectivity index (χ4v) is 3.03. The second kappa shape index (κ2) is 5.58. The summed E-state index contributed by atoms with van der Waals surface area (Å²) >= 11 is 1.37. The van der Waals surface area contributed by atoms with Gasteiger partial charge >= 0.3 is 0 Å². The maximum absolute atomic E-state index is 12.0. The molecule has 5 nitrogen and oxygen atoms in total. The Hall–Kier alpha value is -1.95. The summed E-state index contributed by atoms with van der Waals surface area (Å²) in [6, 6.07) is 7.86. The van der Waals surface area contributed by atoms with Gasteiger partial charge in [0.25, 0.3) is 0 Å². The Bertz CT molecular complexity index is 625. The zero-order chi connectivity index (χ0) is 13.9. The third kappa shape index (κ3) is 2.51. The molecule has 0 bridgehead atoms. The van der Waals surface area contributed by atoms with E-state index in [9.17, 15) is 4.79 Å². The Morgan fingerprint density at radius 2 is 2.25 bits per heavy atom. The van der Waals surface area contributed by atoms with Crippen molar-refractivity contribution in [2.75, 3.05) is 17.2 Å². The van der Waals surface area contributed by atoms with Crippen LogP contribution in [0.4, 0.5) is 10.8 Å². The summed E-state index contributed by atoms with van der Waals surface area (Å²) in [5.41, 5.74) is 2.03. The molecule has 1 aromatic carbocycles. The molecule has 0 fully saturated rings. The second-order valence-corrected chi connectivity index (χ2v) is 5.47. The summed E-state index contributed by atoms with van der Waals surface area (Å²) < 4.78 is 4.22. The maximum atomic E-state index is 12.0. The highest BCUT2D eigenvalue weighted by Crippen LogP contribution is 2.34. The van der Waals surface area contributed by atoms with Gasteiger partial charge in [-0.1, -0.05) is 25.1 Å². The van der Waals surface area contributed by atoms with Gasteiger partial charge in [-0.15, -0.1) is 0 Å². The van der Waals surface area contributed by atoms with Crippen LogP contribution in [0.2, 0.25) is 0 Å². The van der Waals surface area contributed by atoms with Gasteiger partial charge in [-0.25, -0.2) is 4.98 Å². The molecule has 1 aromatic heterocycles. The Balaban J connectivity index is 1.60. The first-order valence-electron chi connectivity index (χ1n) is 6.74. The number of aryl methyl sites for hydroxylation is 1. The normalized spacial score (nSPS) is 16.9. The zero-order valence-corrected chi connectivity index (χ0v) is 12.0. The lowest BCUT2D eigenvalue weighted by Gasteiger charge is -2.08. The minimum absolute atomic E-state index is 0.0720. The number of rotatable bonds is 5. The highest BCUT2D eigenvalue weighted by atomic mass is 32.1. The largest absolute Gasteiger partial charge is 0.360 e. The van der Waals surface area contributed by atoms with Crippen molar-refractivity contribution >= 4 is 28.3 Å². The van der Waals surface area contributed by atoms with Crippen LogP contribution in [0.5, 0.6) is 0 Å². The summed E-state index contributed by atoms with van der Waals surface area (Å²) in [6.07, 6.45) is 1.60. The molecular formula is C14H16N4OS. The Kier molecular flexibility index (Phi) is 3.64. The van der Waals surface area contributed by atoms with E-state index in [1.807, 2.05) is 31.2 Å². The molecule has 6 heteroatoms. The Labute approximate surface area is 121 Å². The van der Waals surface area contributed by atoms with E-state index in [2.05, 4.69) is 20.0 Å². The Morgan fingerprint density at radius 1 is 1.40 bits per heavy atom. The third-order valence-corrected chi connectivity index (χ3v) is 4.11. The number of nitrogens with zero attached hydrogens (tertiary/aromatic N) is 2. The number of carbonyl (C=O) groups is 1. The van der Waals surface area contributed by atoms with Crippen LogP contribution >= 0.6 is 11.5 Å². The van der Waals surface area contributed by atoms with E-state index in [0.717, 1.165) is 35.0 Å². The second-order valence-electron chi connectivity index (χ2n) is 4.71. The van der Waals surface area contributed by atoms with Crippen LogP contribution in [0.3, 0.4) is 0 Å². The molecule has 2 heterocycles. The summed E-state index contributed by atoms with van der Waals surface area (Å²) in [6.45, 7) is 2.75. The van der Waals surface area contributed by atoms with Crippen molar-refractivity contribution in [3.63, 3.8) is 0 Å². The van der Waals surface area contributed by atoms with Gasteiger partial charge < -0.3 is 10.6 Å². The molecule has 0 unspecified atom stereocenters. The van der Waals surface area contributed by atoms with Crippen molar-refractivity contribution in [1.29, 1.82) is 0 Å². The number of nitrogens with one attached hydrogen (secondary N) is 2. The predicted molar refractivity (Wildman–Crippen MR) is 80.2 cm³/mol. The topological polar surface area (TPSA) is 66.9 Å². The molecule has 0 aliphatic carbocycles. The first-order chi connectivity index (χ1) is 9.78. The number of aromatic nitrogens is 2. The number of hydrogen-bond acceptors (Lipinski definition) is 5. The molecule has 0 saturated carbocycles. The molecule has 0 saturated heterocycles. The van der Waals surface area contributed by atoms with Crippen molar-refractivity contribution < 1.29 is 4.79 Å². The molecule has 2 aromatic rings.